The Labute approximate surface area is 211 Å². The molecule has 0 aliphatic carbocycles. The summed E-state index contributed by atoms with van der Waals surface area (Å²) >= 11 is 0. The lowest BCUT2D eigenvalue weighted by atomic mass is 9.86. The number of hydrogen-bond acceptors (Lipinski definition) is 6. The molecule has 1 N–H and O–H groups in total. The maximum atomic E-state index is 14.0. The molecule has 2 amide bonds. The number of piperazine rings is 1. The molecule has 3 aromatic carbocycles. The molecule has 0 radical (unpaired) electrons. The van der Waals surface area contributed by atoms with Gasteiger partial charge in [0.25, 0.3) is 5.91 Å². The van der Waals surface area contributed by atoms with E-state index in [1.807, 2.05) is 36.4 Å². The Morgan fingerprint density at radius 3 is 2.38 bits per heavy atom. The number of H-pyrrole nitrogens is 1. The lowest BCUT2D eigenvalue weighted by molar-refractivity contribution is -0.145. The van der Waals surface area contributed by atoms with Gasteiger partial charge in [-0.1, -0.05) is 24.3 Å². The number of rotatable bonds is 2. The first kappa shape index (κ1) is 20.5. The number of ether oxygens (including phenoxy) is 4. The number of fused-ring (bicyclic) bond motifs is 6. The molecule has 4 aliphatic rings. The third-order valence-electron chi connectivity index (χ3n) is 7.64. The van der Waals surface area contributed by atoms with Crippen LogP contribution in [0.15, 0.2) is 60.7 Å². The Kier molecular flexibility index (Phi) is 4.12. The van der Waals surface area contributed by atoms with E-state index in [0.29, 0.717) is 35.1 Å². The Bertz CT molecular complexity index is 1630. The van der Waals surface area contributed by atoms with Crippen molar-refractivity contribution in [3.63, 3.8) is 0 Å². The van der Waals surface area contributed by atoms with Gasteiger partial charge in [-0.3, -0.25) is 9.59 Å². The van der Waals surface area contributed by atoms with Gasteiger partial charge >= 0.3 is 0 Å². The van der Waals surface area contributed by atoms with Crippen LogP contribution in [0.25, 0.3) is 10.9 Å². The van der Waals surface area contributed by atoms with Gasteiger partial charge < -0.3 is 33.7 Å². The van der Waals surface area contributed by atoms with E-state index in [4.69, 9.17) is 18.9 Å². The third-order valence-corrected chi connectivity index (χ3v) is 7.64. The average molecular weight is 495 g/mol. The standard InChI is InChI=1S/C28H21N3O6/c32-25-12-30(16-6-8-22-24(10-16)37-14-35-22)28(33)20-11-18-17-3-1-2-4-19(17)29-26(18)27(31(20)25)15-5-7-21-23(9-15)36-13-34-21/h1-10,20,27,29H,11-14H2. The molecule has 8 rings (SSSR count). The third kappa shape index (κ3) is 2.91. The van der Waals surface area contributed by atoms with Gasteiger partial charge in [0.2, 0.25) is 19.5 Å². The number of aromatic nitrogens is 1. The average Bonchev–Trinajstić information content (AvgIpc) is 3.66. The summed E-state index contributed by atoms with van der Waals surface area (Å²) in [6.07, 6.45) is 0.423. The molecule has 37 heavy (non-hydrogen) atoms. The fraction of sp³-hybridized carbons (Fsp3) is 0.214. The zero-order valence-corrected chi connectivity index (χ0v) is 19.6. The summed E-state index contributed by atoms with van der Waals surface area (Å²) in [5.74, 6) is 2.25. The molecule has 4 aromatic rings. The molecule has 0 saturated carbocycles. The Hall–Kier alpha value is -4.66. The minimum absolute atomic E-state index is 0.0639. The predicted octanol–water partition coefficient (Wildman–Crippen LogP) is 3.51. The number of carbonyl (C=O) groups excluding carboxylic acids is 2. The van der Waals surface area contributed by atoms with E-state index in [0.717, 1.165) is 27.7 Å². The maximum Gasteiger partial charge on any atom is 0.250 e. The topological polar surface area (TPSA) is 93.3 Å². The lowest BCUT2D eigenvalue weighted by Gasteiger charge is -2.47. The van der Waals surface area contributed by atoms with Gasteiger partial charge in [-0.25, -0.2) is 0 Å². The molecule has 9 nitrogen and oxygen atoms in total. The fourth-order valence-corrected chi connectivity index (χ4v) is 5.97. The number of anilines is 1. The van der Waals surface area contributed by atoms with Crippen LogP contribution < -0.4 is 23.8 Å². The zero-order chi connectivity index (χ0) is 24.7. The second-order valence-electron chi connectivity index (χ2n) is 9.56. The van der Waals surface area contributed by atoms with E-state index < -0.39 is 12.1 Å². The van der Waals surface area contributed by atoms with Crippen molar-refractivity contribution in [3.8, 4) is 23.0 Å². The second kappa shape index (κ2) is 7.42. The SMILES string of the molecule is O=C1C2Cc3c([nH]c4ccccc34)C(c3ccc4c(c3)OCO4)N2C(=O)CN1c1ccc2c(c1)OCO2. The first-order valence-electron chi connectivity index (χ1n) is 12.2. The number of benzene rings is 3. The van der Waals surface area contributed by atoms with Crippen molar-refractivity contribution in [2.75, 3.05) is 25.0 Å². The van der Waals surface area contributed by atoms with Crippen LogP contribution in [0.1, 0.15) is 22.9 Å². The number of nitrogens with zero attached hydrogens (tertiary/aromatic N) is 2. The maximum absolute atomic E-state index is 14.0. The molecule has 0 spiro atoms. The molecule has 1 fully saturated rings. The number of aromatic amines is 1. The van der Waals surface area contributed by atoms with E-state index >= 15 is 0 Å². The molecular weight excluding hydrogens is 474 g/mol. The van der Waals surface area contributed by atoms with E-state index in [2.05, 4.69) is 11.1 Å². The fourth-order valence-electron chi connectivity index (χ4n) is 5.97. The number of nitrogens with one attached hydrogen (secondary N) is 1. The van der Waals surface area contributed by atoms with Crippen LogP contribution in [0.3, 0.4) is 0 Å². The molecule has 184 valence electrons. The zero-order valence-electron chi connectivity index (χ0n) is 19.6. The predicted molar refractivity (Wildman–Crippen MR) is 132 cm³/mol. The first-order chi connectivity index (χ1) is 18.2. The van der Waals surface area contributed by atoms with Crippen molar-refractivity contribution in [3.05, 3.63) is 77.5 Å². The van der Waals surface area contributed by atoms with E-state index in [1.54, 1.807) is 28.0 Å². The minimum Gasteiger partial charge on any atom is -0.454 e. The van der Waals surface area contributed by atoms with Crippen molar-refractivity contribution >= 4 is 28.4 Å². The van der Waals surface area contributed by atoms with Crippen molar-refractivity contribution in [2.45, 2.75) is 18.5 Å². The van der Waals surface area contributed by atoms with Gasteiger partial charge in [0.05, 0.1) is 6.04 Å². The highest BCUT2D eigenvalue weighted by molar-refractivity contribution is 6.08. The highest BCUT2D eigenvalue weighted by atomic mass is 16.7. The molecular formula is C28H21N3O6. The Morgan fingerprint density at radius 2 is 1.54 bits per heavy atom. The van der Waals surface area contributed by atoms with Crippen LogP contribution in [0.2, 0.25) is 0 Å². The number of carbonyl (C=O) groups is 2. The molecule has 2 atom stereocenters. The van der Waals surface area contributed by atoms with Crippen LogP contribution >= 0.6 is 0 Å². The number of amides is 2. The van der Waals surface area contributed by atoms with E-state index in [9.17, 15) is 9.59 Å². The van der Waals surface area contributed by atoms with Gasteiger partial charge in [-0.05, 0) is 41.5 Å². The van der Waals surface area contributed by atoms with Gasteiger partial charge in [-0.15, -0.1) is 0 Å². The van der Waals surface area contributed by atoms with Crippen LogP contribution in [-0.4, -0.2) is 47.9 Å². The summed E-state index contributed by atoms with van der Waals surface area (Å²) in [6.45, 7) is 0.240. The molecule has 2 unspecified atom stereocenters. The molecule has 9 heteroatoms. The van der Waals surface area contributed by atoms with Crippen molar-refractivity contribution < 1.29 is 28.5 Å². The van der Waals surface area contributed by atoms with Crippen LogP contribution in [0, 0.1) is 0 Å². The van der Waals surface area contributed by atoms with Gasteiger partial charge in [0, 0.05) is 34.8 Å². The quantitative estimate of drug-likeness (QED) is 0.458. The summed E-state index contributed by atoms with van der Waals surface area (Å²) in [7, 11) is 0. The minimum atomic E-state index is -0.659. The summed E-state index contributed by atoms with van der Waals surface area (Å²) < 4.78 is 22.1. The van der Waals surface area contributed by atoms with Crippen LogP contribution in [0.5, 0.6) is 23.0 Å². The number of para-hydroxylation sites is 1. The smallest absolute Gasteiger partial charge is 0.250 e. The van der Waals surface area contributed by atoms with Crippen LogP contribution in [0.4, 0.5) is 5.69 Å². The highest BCUT2D eigenvalue weighted by Crippen LogP contribution is 2.45. The normalized spacial score (nSPS) is 21.4. The lowest BCUT2D eigenvalue weighted by Crippen LogP contribution is -2.63. The van der Waals surface area contributed by atoms with Crippen molar-refractivity contribution in [1.82, 2.24) is 9.88 Å². The van der Waals surface area contributed by atoms with Gasteiger partial charge in [0.15, 0.2) is 23.0 Å². The number of hydrogen-bond donors (Lipinski definition) is 1. The first-order valence-corrected chi connectivity index (χ1v) is 12.2. The van der Waals surface area contributed by atoms with Crippen LogP contribution in [-0.2, 0) is 16.0 Å². The molecule has 4 aliphatic heterocycles. The monoisotopic (exact) mass is 495 g/mol. The Balaban J connectivity index is 1.27. The summed E-state index contributed by atoms with van der Waals surface area (Å²) in [6, 6.07) is 18.0. The summed E-state index contributed by atoms with van der Waals surface area (Å²) in [5.41, 5.74) is 4.43. The molecule has 5 heterocycles. The van der Waals surface area contributed by atoms with Crippen molar-refractivity contribution in [1.29, 1.82) is 0 Å². The summed E-state index contributed by atoms with van der Waals surface area (Å²) in [4.78, 5) is 34.7. The molecule has 0 bridgehead atoms. The van der Waals surface area contributed by atoms with Crippen molar-refractivity contribution in [2.24, 2.45) is 0 Å². The highest BCUT2D eigenvalue weighted by Gasteiger charge is 2.49. The second-order valence-corrected chi connectivity index (χ2v) is 9.56. The molecule has 1 saturated heterocycles. The Morgan fingerprint density at radius 1 is 0.811 bits per heavy atom. The van der Waals surface area contributed by atoms with Gasteiger partial charge in [0.1, 0.15) is 12.6 Å². The summed E-state index contributed by atoms with van der Waals surface area (Å²) in [5, 5.41) is 1.06. The van der Waals surface area contributed by atoms with Gasteiger partial charge in [-0.2, -0.15) is 0 Å². The van der Waals surface area contributed by atoms with E-state index in [-0.39, 0.29) is 31.9 Å². The largest absolute Gasteiger partial charge is 0.454 e. The molecule has 1 aromatic heterocycles. The van der Waals surface area contributed by atoms with E-state index in [1.165, 1.54) is 0 Å².